The van der Waals surface area contributed by atoms with E-state index in [9.17, 15) is 4.79 Å². The predicted octanol–water partition coefficient (Wildman–Crippen LogP) is 2.15. The van der Waals surface area contributed by atoms with Gasteiger partial charge in [-0.3, -0.25) is 9.69 Å². The van der Waals surface area contributed by atoms with Crippen LogP contribution < -0.4 is 0 Å². The summed E-state index contributed by atoms with van der Waals surface area (Å²) in [5.41, 5.74) is 0.551. The van der Waals surface area contributed by atoms with E-state index in [2.05, 4.69) is 25.8 Å². The zero-order chi connectivity index (χ0) is 13.2. The van der Waals surface area contributed by atoms with Crippen molar-refractivity contribution in [1.82, 2.24) is 14.8 Å². The van der Waals surface area contributed by atoms with Crippen LogP contribution in [0.4, 0.5) is 0 Å². The Morgan fingerprint density at radius 2 is 2.11 bits per heavy atom. The molecule has 2 fully saturated rings. The minimum absolute atomic E-state index is 0.0706. The molecule has 1 unspecified atom stereocenters. The van der Waals surface area contributed by atoms with Gasteiger partial charge in [-0.25, -0.2) is 4.98 Å². The van der Waals surface area contributed by atoms with Crippen LogP contribution in [0.1, 0.15) is 29.8 Å². The van der Waals surface area contributed by atoms with E-state index < -0.39 is 0 Å². The molecule has 5 heteroatoms. The zero-order valence-electron chi connectivity index (χ0n) is 10.9. The molecule has 1 aromatic rings. The summed E-state index contributed by atoms with van der Waals surface area (Å²) in [6.45, 7) is 4.03. The molecule has 2 saturated heterocycles. The molecule has 0 N–H and O–H groups in total. The molecule has 102 valence electrons. The maximum atomic E-state index is 12.5. The maximum absolute atomic E-state index is 12.5. The second kappa shape index (κ2) is 5.59. The monoisotopic (exact) mass is 323 g/mol. The molecule has 3 rings (SSSR count). The summed E-state index contributed by atoms with van der Waals surface area (Å²) in [6.07, 6.45) is 5.24. The van der Waals surface area contributed by atoms with E-state index >= 15 is 0 Å². The molecule has 4 nitrogen and oxygen atoms in total. The highest BCUT2D eigenvalue weighted by atomic mass is 79.9. The second-order valence-corrected chi connectivity index (χ2v) is 6.21. The molecule has 0 aromatic carbocycles. The molecule has 1 aromatic heterocycles. The highest BCUT2D eigenvalue weighted by Gasteiger charge is 2.31. The molecule has 0 saturated carbocycles. The molecule has 1 amide bonds. The van der Waals surface area contributed by atoms with Crippen LogP contribution in [0.2, 0.25) is 0 Å². The van der Waals surface area contributed by atoms with Gasteiger partial charge < -0.3 is 4.90 Å². The SMILES string of the molecule is O=C(c1ccc(Br)cn1)N1CCCN2CCCC2C1. The zero-order valence-corrected chi connectivity index (χ0v) is 12.5. The molecule has 0 aliphatic carbocycles. The highest BCUT2D eigenvalue weighted by Crippen LogP contribution is 2.22. The van der Waals surface area contributed by atoms with Gasteiger partial charge in [-0.1, -0.05) is 0 Å². The molecule has 3 heterocycles. The van der Waals surface area contributed by atoms with Crippen LogP contribution in [0, 0.1) is 0 Å². The van der Waals surface area contributed by atoms with E-state index in [0.29, 0.717) is 11.7 Å². The Morgan fingerprint density at radius 3 is 2.89 bits per heavy atom. The average molecular weight is 324 g/mol. The number of fused-ring (bicyclic) bond motifs is 1. The van der Waals surface area contributed by atoms with Crippen molar-refractivity contribution in [3.63, 3.8) is 0 Å². The standard InChI is InChI=1S/C14H18BrN3O/c15-11-4-5-13(16-9-11)14(19)18-8-2-7-17-6-1-3-12(17)10-18/h4-5,9,12H,1-3,6-8,10H2. The van der Waals surface area contributed by atoms with Gasteiger partial charge in [0.2, 0.25) is 0 Å². The third-order valence-electron chi connectivity index (χ3n) is 4.04. The van der Waals surface area contributed by atoms with Crippen LogP contribution in [0.25, 0.3) is 0 Å². The van der Waals surface area contributed by atoms with Gasteiger partial charge in [0.05, 0.1) is 0 Å². The van der Waals surface area contributed by atoms with Gasteiger partial charge in [-0.2, -0.15) is 0 Å². The first-order valence-electron chi connectivity index (χ1n) is 6.89. The summed E-state index contributed by atoms with van der Waals surface area (Å²) in [6, 6.07) is 4.23. The quantitative estimate of drug-likeness (QED) is 0.794. The topological polar surface area (TPSA) is 36.4 Å². The van der Waals surface area contributed by atoms with Crippen molar-refractivity contribution < 1.29 is 4.79 Å². The highest BCUT2D eigenvalue weighted by molar-refractivity contribution is 9.10. The Balaban J connectivity index is 1.73. The van der Waals surface area contributed by atoms with E-state index in [-0.39, 0.29) is 5.91 Å². The Morgan fingerprint density at radius 1 is 1.26 bits per heavy atom. The summed E-state index contributed by atoms with van der Waals surface area (Å²) in [4.78, 5) is 21.2. The lowest BCUT2D eigenvalue weighted by molar-refractivity contribution is 0.0737. The molecular formula is C14H18BrN3O. The van der Waals surface area contributed by atoms with E-state index in [0.717, 1.165) is 30.5 Å². The molecular weight excluding hydrogens is 306 g/mol. The molecule has 0 radical (unpaired) electrons. The van der Waals surface area contributed by atoms with Gasteiger partial charge in [0.25, 0.3) is 5.91 Å². The largest absolute Gasteiger partial charge is 0.336 e. The Hall–Kier alpha value is -0.940. The average Bonchev–Trinajstić information content (AvgIpc) is 2.76. The van der Waals surface area contributed by atoms with Crippen LogP contribution in [0.5, 0.6) is 0 Å². The maximum Gasteiger partial charge on any atom is 0.272 e. The Kier molecular flexibility index (Phi) is 3.84. The lowest BCUT2D eigenvalue weighted by atomic mass is 10.2. The minimum atomic E-state index is 0.0706. The number of pyridine rings is 1. The number of nitrogens with zero attached hydrogens (tertiary/aromatic N) is 3. The van der Waals surface area contributed by atoms with Crippen molar-refractivity contribution in [3.8, 4) is 0 Å². The van der Waals surface area contributed by atoms with Crippen molar-refractivity contribution in [2.45, 2.75) is 25.3 Å². The first kappa shape index (κ1) is 13.1. The third-order valence-corrected chi connectivity index (χ3v) is 4.51. The summed E-state index contributed by atoms with van der Waals surface area (Å²) in [5.74, 6) is 0.0706. The predicted molar refractivity (Wildman–Crippen MR) is 77.1 cm³/mol. The van der Waals surface area contributed by atoms with Crippen molar-refractivity contribution in [1.29, 1.82) is 0 Å². The molecule has 1 atom stereocenters. The smallest absolute Gasteiger partial charge is 0.272 e. The summed E-state index contributed by atoms with van der Waals surface area (Å²) < 4.78 is 0.905. The van der Waals surface area contributed by atoms with Crippen molar-refractivity contribution in [3.05, 3.63) is 28.5 Å². The molecule has 19 heavy (non-hydrogen) atoms. The fourth-order valence-corrected chi connectivity index (χ4v) is 3.29. The third kappa shape index (κ3) is 2.82. The first-order valence-corrected chi connectivity index (χ1v) is 7.68. The first-order chi connectivity index (χ1) is 9.24. The Labute approximate surface area is 121 Å². The fourth-order valence-electron chi connectivity index (χ4n) is 3.06. The second-order valence-electron chi connectivity index (χ2n) is 5.30. The van der Waals surface area contributed by atoms with Gasteiger partial charge >= 0.3 is 0 Å². The van der Waals surface area contributed by atoms with E-state index in [1.54, 1.807) is 12.3 Å². The van der Waals surface area contributed by atoms with Crippen LogP contribution in [-0.4, -0.2) is 52.9 Å². The van der Waals surface area contributed by atoms with Crippen LogP contribution >= 0.6 is 15.9 Å². The van der Waals surface area contributed by atoms with Gasteiger partial charge in [0, 0.05) is 36.3 Å². The van der Waals surface area contributed by atoms with Gasteiger partial charge in [-0.15, -0.1) is 0 Å². The molecule has 0 spiro atoms. The number of carbonyl (C=O) groups is 1. The molecule has 2 aliphatic rings. The molecule has 2 aliphatic heterocycles. The van der Waals surface area contributed by atoms with E-state index in [1.165, 1.54) is 19.4 Å². The van der Waals surface area contributed by atoms with Crippen LogP contribution in [0.3, 0.4) is 0 Å². The van der Waals surface area contributed by atoms with Gasteiger partial charge in [-0.05, 0) is 53.9 Å². The number of rotatable bonds is 1. The number of amides is 1. The summed E-state index contributed by atoms with van der Waals surface area (Å²) >= 11 is 3.35. The Bertz CT molecular complexity index is 462. The van der Waals surface area contributed by atoms with Gasteiger partial charge in [0.1, 0.15) is 5.69 Å². The summed E-state index contributed by atoms with van der Waals surface area (Å²) in [7, 11) is 0. The van der Waals surface area contributed by atoms with Crippen molar-refractivity contribution >= 4 is 21.8 Å². The minimum Gasteiger partial charge on any atom is -0.336 e. The number of halogens is 1. The number of carbonyl (C=O) groups excluding carboxylic acids is 1. The van der Waals surface area contributed by atoms with Crippen molar-refractivity contribution in [2.24, 2.45) is 0 Å². The van der Waals surface area contributed by atoms with E-state index in [1.807, 2.05) is 11.0 Å². The fraction of sp³-hybridized carbons (Fsp3) is 0.571. The lowest BCUT2D eigenvalue weighted by Gasteiger charge is -2.25. The number of hydrogen-bond donors (Lipinski definition) is 0. The normalized spacial score (nSPS) is 24.1. The molecule has 0 bridgehead atoms. The summed E-state index contributed by atoms with van der Waals surface area (Å²) in [5, 5.41) is 0. The van der Waals surface area contributed by atoms with E-state index in [4.69, 9.17) is 0 Å². The lowest BCUT2D eigenvalue weighted by Crippen LogP contribution is -2.39. The van der Waals surface area contributed by atoms with Gasteiger partial charge in [0.15, 0.2) is 0 Å². The number of hydrogen-bond acceptors (Lipinski definition) is 3. The van der Waals surface area contributed by atoms with Crippen molar-refractivity contribution in [2.75, 3.05) is 26.2 Å². The number of aromatic nitrogens is 1. The van der Waals surface area contributed by atoms with Crippen LogP contribution in [0.15, 0.2) is 22.8 Å². The van der Waals surface area contributed by atoms with Crippen LogP contribution in [-0.2, 0) is 0 Å².